The summed E-state index contributed by atoms with van der Waals surface area (Å²) in [7, 11) is 0. The number of halogens is 4. The van der Waals surface area contributed by atoms with Crippen LogP contribution >= 0.6 is 11.6 Å². The highest BCUT2D eigenvalue weighted by Crippen LogP contribution is 2.42. The van der Waals surface area contributed by atoms with Crippen LogP contribution in [0.15, 0.2) is 42.6 Å². The SMILES string of the molecule is O=C(c1cccc(Cl)c1)N1CCC[C@]2(C1)O[C@H](CO)[C@H](O)[C@H](n1cc(-c3cc(F)c(F)c(F)c3)nn1)[C@H]2O. The van der Waals surface area contributed by atoms with Crippen LogP contribution in [0.3, 0.4) is 0 Å². The van der Waals surface area contributed by atoms with Crippen molar-refractivity contribution in [3.63, 3.8) is 0 Å². The average molecular weight is 553 g/mol. The minimum absolute atomic E-state index is 0.0373. The summed E-state index contributed by atoms with van der Waals surface area (Å²) in [6, 6.07) is 6.75. The highest BCUT2D eigenvalue weighted by atomic mass is 35.5. The van der Waals surface area contributed by atoms with Crippen LogP contribution in [0.2, 0.25) is 5.02 Å². The zero-order chi connectivity index (χ0) is 27.2. The van der Waals surface area contributed by atoms with Crippen molar-refractivity contribution >= 4 is 17.5 Å². The lowest BCUT2D eigenvalue weighted by molar-refractivity contribution is -0.266. The molecule has 0 unspecified atom stereocenters. The van der Waals surface area contributed by atoms with E-state index in [4.69, 9.17) is 16.3 Å². The van der Waals surface area contributed by atoms with Crippen LogP contribution < -0.4 is 0 Å². The number of rotatable bonds is 4. The van der Waals surface area contributed by atoms with Crippen molar-refractivity contribution in [2.45, 2.75) is 42.8 Å². The maximum Gasteiger partial charge on any atom is 0.254 e. The molecule has 2 fully saturated rings. The highest BCUT2D eigenvalue weighted by Gasteiger charge is 2.56. The van der Waals surface area contributed by atoms with Gasteiger partial charge in [0, 0.05) is 22.7 Å². The Morgan fingerprint density at radius 2 is 1.92 bits per heavy atom. The molecule has 1 aromatic heterocycles. The molecule has 3 aromatic rings. The summed E-state index contributed by atoms with van der Waals surface area (Å²) >= 11 is 6.04. The first kappa shape index (κ1) is 26.6. The first-order chi connectivity index (χ1) is 18.1. The number of hydrogen-bond acceptors (Lipinski definition) is 7. The summed E-state index contributed by atoms with van der Waals surface area (Å²) in [6.45, 7) is -0.255. The van der Waals surface area contributed by atoms with Crippen molar-refractivity contribution in [2.24, 2.45) is 0 Å². The molecule has 5 atom stereocenters. The van der Waals surface area contributed by atoms with E-state index in [1.54, 1.807) is 18.2 Å². The first-order valence-corrected chi connectivity index (χ1v) is 12.3. The molecular weight excluding hydrogens is 529 g/mol. The summed E-state index contributed by atoms with van der Waals surface area (Å²) in [5.74, 6) is -4.77. The fourth-order valence-electron chi connectivity index (χ4n) is 5.23. The second kappa shape index (κ2) is 10.3. The second-order valence-corrected chi connectivity index (χ2v) is 9.94. The Kier molecular flexibility index (Phi) is 7.18. The summed E-state index contributed by atoms with van der Waals surface area (Å²) in [4.78, 5) is 14.7. The van der Waals surface area contributed by atoms with Crippen LogP contribution in [0.4, 0.5) is 13.2 Å². The number of hydrogen-bond donors (Lipinski definition) is 3. The van der Waals surface area contributed by atoms with Crippen LogP contribution in [0.1, 0.15) is 29.2 Å². The van der Waals surface area contributed by atoms with E-state index in [1.807, 2.05) is 0 Å². The molecule has 202 valence electrons. The molecular formula is C25H24ClF3N4O5. The zero-order valence-electron chi connectivity index (χ0n) is 19.8. The Labute approximate surface area is 220 Å². The van der Waals surface area contributed by atoms with Crippen molar-refractivity contribution in [3.8, 4) is 11.3 Å². The maximum absolute atomic E-state index is 13.8. The number of amides is 1. The summed E-state index contributed by atoms with van der Waals surface area (Å²) in [5, 5.41) is 40.6. The van der Waals surface area contributed by atoms with Gasteiger partial charge in [-0.3, -0.25) is 4.79 Å². The standard InChI is InChI=1S/C25H24ClF3N4O5/c26-15-4-1-3-13(7-15)24(37)32-6-2-5-25(12-32)23(36)21(22(35)19(11-34)38-25)33-10-18(30-31-33)14-8-16(27)20(29)17(28)9-14/h1,3-4,7-10,19,21-23,34-36H,2,5-6,11-12H2/t19-,21+,22+,23-,25-/m1/s1. The predicted molar refractivity (Wildman–Crippen MR) is 128 cm³/mol. The molecule has 0 saturated carbocycles. The molecule has 0 bridgehead atoms. The number of nitrogens with zero attached hydrogens (tertiary/aromatic N) is 4. The molecule has 0 aliphatic carbocycles. The van der Waals surface area contributed by atoms with E-state index in [2.05, 4.69) is 10.3 Å². The Morgan fingerprint density at radius 3 is 2.61 bits per heavy atom. The molecule has 2 aromatic carbocycles. The van der Waals surface area contributed by atoms with Crippen LogP contribution in [-0.2, 0) is 4.74 Å². The van der Waals surface area contributed by atoms with Crippen molar-refractivity contribution in [1.82, 2.24) is 19.9 Å². The third kappa shape index (κ3) is 4.67. The fourth-order valence-corrected chi connectivity index (χ4v) is 5.42. The number of aliphatic hydroxyl groups is 3. The van der Waals surface area contributed by atoms with Crippen molar-refractivity contribution < 1.29 is 38.0 Å². The molecule has 3 heterocycles. The van der Waals surface area contributed by atoms with Crippen molar-refractivity contribution in [1.29, 1.82) is 0 Å². The Bertz CT molecular complexity index is 1340. The third-order valence-corrected chi connectivity index (χ3v) is 7.34. The number of ether oxygens (including phenoxy) is 1. The number of likely N-dealkylation sites (tertiary alicyclic amines) is 1. The number of carbonyl (C=O) groups excluding carboxylic acids is 1. The lowest BCUT2D eigenvalue weighted by atomic mass is 9.78. The summed E-state index contributed by atoms with van der Waals surface area (Å²) in [5.41, 5.74) is -1.16. The van der Waals surface area contributed by atoms with E-state index >= 15 is 0 Å². The Hall–Kier alpha value is -3.03. The average Bonchev–Trinajstić information content (AvgIpc) is 3.39. The normalized spacial score (nSPS) is 27.6. The van der Waals surface area contributed by atoms with Crippen molar-refractivity contribution in [2.75, 3.05) is 19.7 Å². The van der Waals surface area contributed by atoms with E-state index in [9.17, 15) is 33.3 Å². The van der Waals surface area contributed by atoms with Gasteiger partial charge in [0.05, 0.1) is 19.3 Å². The topological polar surface area (TPSA) is 121 Å². The minimum Gasteiger partial charge on any atom is -0.394 e. The zero-order valence-corrected chi connectivity index (χ0v) is 20.6. The number of piperidine rings is 1. The summed E-state index contributed by atoms with van der Waals surface area (Å²) < 4.78 is 48.1. The van der Waals surface area contributed by atoms with Gasteiger partial charge in [0.15, 0.2) is 17.5 Å². The Balaban J connectivity index is 1.46. The molecule has 0 radical (unpaired) electrons. The number of carbonyl (C=O) groups is 1. The highest BCUT2D eigenvalue weighted by molar-refractivity contribution is 6.30. The van der Waals surface area contributed by atoms with Gasteiger partial charge in [-0.1, -0.05) is 22.9 Å². The number of benzene rings is 2. The molecule has 1 amide bonds. The van der Waals surface area contributed by atoms with Crippen LogP contribution in [0, 0.1) is 17.5 Å². The molecule has 13 heteroatoms. The van der Waals surface area contributed by atoms with E-state index in [0.717, 1.165) is 16.8 Å². The number of aromatic nitrogens is 3. The van der Waals surface area contributed by atoms with Crippen molar-refractivity contribution in [3.05, 3.63) is 70.6 Å². The van der Waals surface area contributed by atoms with Gasteiger partial charge in [0.25, 0.3) is 5.91 Å². The van der Waals surface area contributed by atoms with Gasteiger partial charge in [-0.25, -0.2) is 17.9 Å². The molecule has 3 N–H and O–H groups in total. The molecule has 2 aliphatic rings. The molecule has 38 heavy (non-hydrogen) atoms. The van der Waals surface area contributed by atoms with E-state index in [-0.39, 0.29) is 23.7 Å². The smallest absolute Gasteiger partial charge is 0.254 e. The van der Waals surface area contributed by atoms with Crippen LogP contribution in [0.5, 0.6) is 0 Å². The fraction of sp³-hybridized carbons (Fsp3) is 0.400. The molecule has 5 rings (SSSR count). The predicted octanol–water partition coefficient (Wildman–Crippen LogP) is 2.34. The first-order valence-electron chi connectivity index (χ1n) is 11.9. The minimum atomic E-state index is -1.63. The lowest BCUT2D eigenvalue weighted by Gasteiger charge is -2.53. The summed E-state index contributed by atoms with van der Waals surface area (Å²) in [6.07, 6.45) is -2.00. The van der Waals surface area contributed by atoms with Gasteiger partial charge >= 0.3 is 0 Å². The monoisotopic (exact) mass is 552 g/mol. The third-order valence-electron chi connectivity index (χ3n) is 7.10. The van der Waals surface area contributed by atoms with Gasteiger partial charge in [0.1, 0.15) is 35.6 Å². The molecule has 1 spiro atoms. The van der Waals surface area contributed by atoms with Gasteiger partial charge in [0.2, 0.25) is 0 Å². The quantitative estimate of drug-likeness (QED) is 0.425. The van der Waals surface area contributed by atoms with Crippen LogP contribution in [-0.4, -0.2) is 84.7 Å². The largest absolute Gasteiger partial charge is 0.394 e. The molecule has 9 nitrogen and oxygen atoms in total. The van der Waals surface area contributed by atoms with Gasteiger partial charge in [-0.2, -0.15) is 0 Å². The molecule has 2 saturated heterocycles. The van der Waals surface area contributed by atoms with Gasteiger partial charge in [-0.05, 0) is 43.2 Å². The van der Waals surface area contributed by atoms with Gasteiger partial charge in [-0.15, -0.1) is 5.10 Å². The molecule has 2 aliphatic heterocycles. The Morgan fingerprint density at radius 1 is 1.18 bits per heavy atom. The number of aliphatic hydroxyl groups excluding tert-OH is 3. The lowest BCUT2D eigenvalue weighted by Crippen LogP contribution is -2.68. The van der Waals surface area contributed by atoms with E-state index in [0.29, 0.717) is 30.0 Å². The van der Waals surface area contributed by atoms with Gasteiger partial charge < -0.3 is 25.0 Å². The van der Waals surface area contributed by atoms with E-state index in [1.165, 1.54) is 17.2 Å². The van der Waals surface area contributed by atoms with Crippen LogP contribution in [0.25, 0.3) is 11.3 Å². The van der Waals surface area contributed by atoms with E-state index < -0.39 is 54.0 Å². The second-order valence-electron chi connectivity index (χ2n) is 9.51. The maximum atomic E-state index is 13.8.